The molecule has 1 unspecified atom stereocenters. The molecule has 3 aliphatic carbocycles. The van der Waals surface area contributed by atoms with Crippen LogP contribution in [0, 0.1) is 11.3 Å². The Morgan fingerprint density at radius 3 is 2.11 bits per heavy atom. The highest BCUT2D eigenvalue weighted by atomic mass is 19.4. The number of carbonyl (C=O) groups excluding carboxylic acids is 3. The Labute approximate surface area is 206 Å². The minimum atomic E-state index is -5.11. The zero-order chi connectivity index (χ0) is 25.4. The first-order chi connectivity index (χ1) is 16.5. The lowest BCUT2D eigenvalue weighted by molar-refractivity contribution is -0.195. The van der Waals surface area contributed by atoms with Crippen molar-refractivity contribution in [1.29, 1.82) is 0 Å². The Morgan fingerprint density at radius 1 is 0.943 bits per heavy atom. The summed E-state index contributed by atoms with van der Waals surface area (Å²) < 4.78 is 44.8. The van der Waals surface area contributed by atoms with E-state index in [-0.39, 0.29) is 31.0 Å². The fraction of sp³-hybridized carbons (Fsp3) is 0.815. The third-order valence-corrected chi connectivity index (χ3v) is 8.50. The fourth-order valence-corrected chi connectivity index (χ4v) is 6.76. The number of alkyl halides is 3. The van der Waals surface area contributed by atoms with Gasteiger partial charge in [-0.25, -0.2) is 0 Å². The highest BCUT2D eigenvalue weighted by Crippen LogP contribution is 2.53. The molecule has 0 spiro atoms. The van der Waals surface area contributed by atoms with Crippen LogP contribution in [0.4, 0.5) is 13.2 Å². The Hall–Kier alpha value is -1.86. The van der Waals surface area contributed by atoms with Crippen LogP contribution in [0.2, 0.25) is 0 Å². The molecule has 1 atom stereocenters. The second-order valence-corrected chi connectivity index (χ2v) is 11.9. The molecule has 196 valence electrons. The molecule has 0 bridgehead atoms. The maximum Gasteiger partial charge on any atom is 0.425 e. The van der Waals surface area contributed by atoms with Crippen molar-refractivity contribution in [2.45, 2.75) is 128 Å². The minimum absolute atomic E-state index is 0.0680. The molecule has 2 saturated carbocycles. The molecule has 4 aliphatic rings. The van der Waals surface area contributed by atoms with Gasteiger partial charge in [0.25, 0.3) is 5.91 Å². The highest BCUT2D eigenvalue weighted by Gasteiger charge is 2.72. The van der Waals surface area contributed by atoms with Gasteiger partial charge in [0.2, 0.25) is 11.4 Å². The summed E-state index contributed by atoms with van der Waals surface area (Å²) in [6, 6.07) is -0.375. The number of hydrogen-bond donors (Lipinski definition) is 1. The summed E-state index contributed by atoms with van der Waals surface area (Å²) in [5, 5.41) is 2.13. The average molecular weight is 497 g/mol. The summed E-state index contributed by atoms with van der Waals surface area (Å²) in [6.07, 6.45) is 5.60. The molecular weight excluding hydrogens is 457 g/mol. The van der Waals surface area contributed by atoms with E-state index in [2.05, 4.69) is 5.32 Å². The smallest absolute Gasteiger partial charge is 0.330 e. The molecule has 8 heteroatoms. The van der Waals surface area contributed by atoms with Crippen molar-refractivity contribution in [1.82, 2.24) is 10.2 Å². The molecular formula is C27H39F3N2O3. The Morgan fingerprint density at radius 2 is 1.51 bits per heavy atom. The predicted octanol–water partition coefficient (Wildman–Crippen LogP) is 5.97. The number of carbonyl (C=O) groups is 3. The van der Waals surface area contributed by atoms with E-state index >= 15 is 0 Å². The topological polar surface area (TPSA) is 66.5 Å². The molecule has 4 rings (SSSR count). The van der Waals surface area contributed by atoms with E-state index in [1.807, 2.05) is 13.8 Å². The second kappa shape index (κ2) is 9.89. The van der Waals surface area contributed by atoms with Crippen LogP contribution in [-0.2, 0) is 14.4 Å². The quantitative estimate of drug-likeness (QED) is 0.477. The molecule has 1 N–H and O–H groups in total. The lowest BCUT2D eigenvalue weighted by Crippen LogP contribution is -2.66. The van der Waals surface area contributed by atoms with Crippen molar-refractivity contribution in [3.63, 3.8) is 0 Å². The lowest BCUT2D eigenvalue weighted by atomic mass is 9.72. The van der Waals surface area contributed by atoms with Crippen LogP contribution < -0.4 is 5.32 Å². The van der Waals surface area contributed by atoms with Gasteiger partial charge >= 0.3 is 6.18 Å². The van der Waals surface area contributed by atoms with Crippen LogP contribution in [0.3, 0.4) is 0 Å². The largest absolute Gasteiger partial charge is 0.425 e. The van der Waals surface area contributed by atoms with Gasteiger partial charge in [-0.1, -0.05) is 71.6 Å². The van der Waals surface area contributed by atoms with Crippen molar-refractivity contribution in [3.8, 4) is 0 Å². The summed E-state index contributed by atoms with van der Waals surface area (Å²) >= 11 is 0. The van der Waals surface area contributed by atoms with Crippen LogP contribution in [0.1, 0.15) is 110 Å². The molecule has 0 aromatic heterocycles. The van der Waals surface area contributed by atoms with E-state index < -0.39 is 40.3 Å². The third-order valence-electron chi connectivity index (χ3n) is 8.50. The first-order valence-electron chi connectivity index (χ1n) is 13.4. The summed E-state index contributed by atoms with van der Waals surface area (Å²) in [6.45, 7) is 3.70. The molecule has 2 amide bonds. The molecule has 1 aliphatic heterocycles. The van der Waals surface area contributed by atoms with E-state index in [4.69, 9.17) is 0 Å². The van der Waals surface area contributed by atoms with Gasteiger partial charge in [-0.2, -0.15) is 13.2 Å². The van der Waals surface area contributed by atoms with Crippen LogP contribution in [0.5, 0.6) is 0 Å². The van der Waals surface area contributed by atoms with E-state index in [1.54, 1.807) is 0 Å². The molecule has 0 radical (unpaired) electrons. The van der Waals surface area contributed by atoms with E-state index in [0.29, 0.717) is 25.2 Å². The van der Waals surface area contributed by atoms with Crippen molar-refractivity contribution >= 4 is 17.6 Å². The van der Waals surface area contributed by atoms with Crippen molar-refractivity contribution in [2.24, 2.45) is 11.3 Å². The van der Waals surface area contributed by atoms with Gasteiger partial charge in [0.15, 0.2) is 5.78 Å². The lowest BCUT2D eigenvalue weighted by Gasteiger charge is -2.36. The molecule has 0 aromatic carbocycles. The number of halogens is 3. The average Bonchev–Trinajstić information content (AvgIpc) is 2.92. The number of Topliss-reactive ketones (excluding diaryl/α,β-unsaturated/α-hetero) is 1. The molecule has 35 heavy (non-hydrogen) atoms. The van der Waals surface area contributed by atoms with Gasteiger partial charge in [-0.3, -0.25) is 14.4 Å². The molecule has 0 aromatic rings. The molecule has 1 heterocycles. The molecule has 0 saturated heterocycles. The van der Waals surface area contributed by atoms with Crippen LogP contribution >= 0.6 is 0 Å². The SMILES string of the molecule is CC1(C)CC(=O)C2=C(C1)N(C1CCCCCC1)C(=O)C2(NC(=O)CCC1CCCCC1)C(F)(F)F. The Kier molecular flexibility index (Phi) is 7.41. The number of rotatable bonds is 5. The second-order valence-electron chi connectivity index (χ2n) is 11.9. The van der Waals surface area contributed by atoms with E-state index in [1.165, 1.54) is 4.90 Å². The van der Waals surface area contributed by atoms with Crippen molar-refractivity contribution < 1.29 is 27.6 Å². The Bertz CT molecular complexity index is 881. The van der Waals surface area contributed by atoms with Gasteiger partial charge < -0.3 is 10.2 Å². The normalized spacial score (nSPS) is 28.8. The third kappa shape index (κ3) is 5.04. The van der Waals surface area contributed by atoms with Gasteiger partial charge in [0, 0.05) is 24.6 Å². The minimum Gasteiger partial charge on any atom is -0.330 e. The van der Waals surface area contributed by atoms with Crippen LogP contribution in [0.25, 0.3) is 0 Å². The van der Waals surface area contributed by atoms with Crippen LogP contribution in [0.15, 0.2) is 11.3 Å². The number of amides is 2. The molecule has 2 fully saturated rings. The fourth-order valence-electron chi connectivity index (χ4n) is 6.76. The number of ketones is 1. The monoisotopic (exact) mass is 496 g/mol. The van der Waals surface area contributed by atoms with Gasteiger partial charge in [0.1, 0.15) is 0 Å². The standard InChI is InChI=1S/C27H39F3N2O3/c1-25(2)16-20-23(21(33)17-25)26(27(28,29)30,24(35)32(20)19-12-8-3-4-9-13-19)31-22(34)15-14-18-10-6-5-7-11-18/h18-19H,3-17H2,1-2H3,(H,31,34). The number of nitrogens with one attached hydrogen (secondary N) is 1. The van der Waals surface area contributed by atoms with E-state index in [0.717, 1.165) is 57.8 Å². The zero-order valence-corrected chi connectivity index (χ0v) is 21.1. The Balaban J connectivity index is 1.70. The van der Waals surface area contributed by atoms with Crippen molar-refractivity contribution in [2.75, 3.05) is 0 Å². The first-order valence-corrected chi connectivity index (χ1v) is 13.4. The van der Waals surface area contributed by atoms with Crippen molar-refractivity contribution in [3.05, 3.63) is 11.3 Å². The summed E-state index contributed by atoms with van der Waals surface area (Å²) in [5.74, 6) is -2.33. The van der Waals surface area contributed by atoms with Gasteiger partial charge in [-0.15, -0.1) is 0 Å². The van der Waals surface area contributed by atoms with Crippen LogP contribution in [-0.4, -0.2) is 40.3 Å². The summed E-state index contributed by atoms with van der Waals surface area (Å²) in [5.41, 5.74) is -4.16. The number of nitrogens with zero attached hydrogens (tertiary/aromatic N) is 1. The summed E-state index contributed by atoms with van der Waals surface area (Å²) in [4.78, 5) is 41.4. The highest BCUT2D eigenvalue weighted by molar-refractivity contribution is 6.13. The van der Waals surface area contributed by atoms with Gasteiger partial charge in [0.05, 0.1) is 5.57 Å². The zero-order valence-electron chi connectivity index (χ0n) is 21.1. The van der Waals surface area contributed by atoms with Gasteiger partial charge in [-0.05, 0) is 37.0 Å². The number of allylic oxidation sites excluding steroid dienone is 1. The predicted molar refractivity (Wildman–Crippen MR) is 126 cm³/mol. The molecule has 5 nitrogen and oxygen atoms in total. The van der Waals surface area contributed by atoms with E-state index in [9.17, 15) is 27.6 Å². The maximum atomic E-state index is 14.9. The summed E-state index contributed by atoms with van der Waals surface area (Å²) in [7, 11) is 0. The first kappa shape index (κ1) is 26.2. The maximum absolute atomic E-state index is 14.9. The number of hydrogen-bond acceptors (Lipinski definition) is 3.